The van der Waals surface area contributed by atoms with Gasteiger partial charge in [-0.2, -0.15) is 0 Å². The van der Waals surface area contributed by atoms with Crippen molar-refractivity contribution in [3.05, 3.63) is 23.8 Å². The molecular formula is C18H27NO3. The van der Waals surface area contributed by atoms with E-state index in [-0.39, 0.29) is 11.7 Å². The molecule has 0 atom stereocenters. The lowest BCUT2D eigenvalue weighted by molar-refractivity contribution is -0.121. The molecule has 0 aliphatic heterocycles. The number of carbonyl (C=O) groups is 1. The number of benzene rings is 1. The average Bonchev–Trinajstić information content (AvgIpc) is 2.51. The van der Waals surface area contributed by atoms with Gasteiger partial charge in [0.15, 0.2) is 11.5 Å². The van der Waals surface area contributed by atoms with Crippen LogP contribution in [0.25, 0.3) is 0 Å². The normalized spacial score (nSPS) is 21.4. The van der Waals surface area contributed by atoms with Crippen LogP contribution >= 0.6 is 0 Å². The van der Waals surface area contributed by atoms with Crippen LogP contribution in [0, 0.1) is 5.92 Å². The number of carbonyl (C=O) groups excluding carboxylic acids is 1. The molecule has 1 saturated carbocycles. The third kappa shape index (κ3) is 4.65. The molecule has 1 fully saturated rings. The van der Waals surface area contributed by atoms with Gasteiger partial charge in [-0.15, -0.1) is 0 Å². The minimum atomic E-state index is 0.0479. The molecule has 4 nitrogen and oxygen atoms in total. The highest BCUT2D eigenvalue weighted by molar-refractivity contribution is 5.79. The number of hydrogen-bond acceptors (Lipinski definition) is 3. The molecule has 0 saturated heterocycles. The Hall–Kier alpha value is -1.71. The van der Waals surface area contributed by atoms with E-state index < -0.39 is 0 Å². The Morgan fingerprint density at radius 1 is 1.32 bits per heavy atom. The number of nitrogens with one attached hydrogen (secondary N) is 1. The number of rotatable bonds is 6. The summed E-state index contributed by atoms with van der Waals surface area (Å²) in [5.41, 5.74) is 0.854. The van der Waals surface area contributed by atoms with Crippen molar-refractivity contribution in [2.45, 2.75) is 57.9 Å². The van der Waals surface area contributed by atoms with Crippen molar-refractivity contribution < 1.29 is 14.6 Å². The maximum atomic E-state index is 12.2. The molecule has 1 aliphatic rings. The smallest absolute Gasteiger partial charge is 0.224 e. The Kier molecular flexibility index (Phi) is 6.10. The summed E-state index contributed by atoms with van der Waals surface area (Å²) in [5, 5.41) is 12.7. The molecule has 0 unspecified atom stereocenters. The quantitative estimate of drug-likeness (QED) is 0.846. The van der Waals surface area contributed by atoms with E-state index in [1.54, 1.807) is 18.2 Å². The van der Waals surface area contributed by atoms with Gasteiger partial charge in [-0.1, -0.05) is 25.8 Å². The number of hydrogen-bond donors (Lipinski definition) is 2. The van der Waals surface area contributed by atoms with E-state index in [2.05, 4.69) is 12.2 Å². The highest BCUT2D eigenvalue weighted by Crippen LogP contribution is 2.28. The van der Waals surface area contributed by atoms with E-state index in [0.717, 1.165) is 24.3 Å². The van der Waals surface area contributed by atoms with Gasteiger partial charge in [-0.05, 0) is 49.3 Å². The fourth-order valence-corrected chi connectivity index (χ4v) is 3.30. The number of amides is 1. The summed E-state index contributed by atoms with van der Waals surface area (Å²) in [6, 6.07) is 5.36. The number of ether oxygens (including phenoxy) is 1. The lowest BCUT2D eigenvalue weighted by Gasteiger charge is -2.29. The Morgan fingerprint density at radius 3 is 2.68 bits per heavy atom. The molecule has 2 rings (SSSR count). The summed E-state index contributed by atoms with van der Waals surface area (Å²) in [6.07, 6.45) is 7.53. The van der Waals surface area contributed by atoms with Crippen LogP contribution in [0.3, 0.4) is 0 Å². The summed E-state index contributed by atoms with van der Waals surface area (Å²) in [4.78, 5) is 12.2. The predicted octanol–water partition coefficient (Wildman–Crippen LogP) is 3.42. The van der Waals surface area contributed by atoms with Crippen LogP contribution in [0.4, 0.5) is 0 Å². The molecule has 22 heavy (non-hydrogen) atoms. The van der Waals surface area contributed by atoms with E-state index in [0.29, 0.717) is 18.2 Å². The molecule has 4 heteroatoms. The minimum Gasteiger partial charge on any atom is -0.504 e. The summed E-state index contributed by atoms with van der Waals surface area (Å²) in [7, 11) is 1.51. The van der Waals surface area contributed by atoms with E-state index in [9.17, 15) is 9.90 Å². The third-order valence-corrected chi connectivity index (χ3v) is 4.52. The Bertz CT molecular complexity index is 493. The zero-order valence-corrected chi connectivity index (χ0v) is 13.6. The van der Waals surface area contributed by atoms with Crippen molar-refractivity contribution in [2.75, 3.05) is 7.11 Å². The minimum absolute atomic E-state index is 0.0479. The molecular weight excluding hydrogens is 278 g/mol. The Labute approximate surface area is 132 Å². The average molecular weight is 305 g/mol. The molecule has 0 radical (unpaired) electrons. The molecule has 1 aromatic carbocycles. The van der Waals surface area contributed by atoms with E-state index >= 15 is 0 Å². The summed E-state index contributed by atoms with van der Waals surface area (Å²) < 4.78 is 5.07. The van der Waals surface area contributed by atoms with Crippen molar-refractivity contribution in [3.63, 3.8) is 0 Å². The third-order valence-electron chi connectivity index (χ3n) is 4.52. The second-order valence-corrected chi connectivity index (χ2v) is 6.26. The van der Waals surface area contributed by atoms with Crippen molar-refractivity contribution in [3.8, 4) is 11.5 Å². The van der Waals surface area contributed by atoms with Crippen LogP contribution in [-0.4, -0.2) is 24.2 Å². The number of phenols is 1. The maximum absolute atomic E-state index is 12.2. The summed E-state index contributed by atoms with van der Waals surface area (Å²) in [5.74, 6) is 1.40. The van der Waals surface area contributed by atoms with Gasteiger partial charge < -0.3 is 15.2 Å². The molecule has 1 aromatic rings. The van der Waals surface area contributed by atoms with Crippen LogP contribution in [-0.2, 0) is 11.2 Å². The number of aromatic hydroxyl groups is 1. The van der Waals surface area contributed by atoms with Crippen molar-refractivity contribution in [1.82, 2.24) is 5.32 Å². The van der Waals surface area contributed by atoms with Gasteiger partial charge in [-0.25, -0.2) is 0 Å². The highest BCUT2D eigenvalue weighted by atomic mass is 16.5. The lowest BCUT2D eigenvalue weighted by atomic mass is 9.83. The first kappa shape index (κ1) is 16.7. The van der Waals surface area contributed by atoms with E-state index in [1.807, 2.05) is 0 Å². The maximum Gasteiger partial charge on any atom is 0.224 e. The van der Waals surface area contributed by atoms with Gasteiger partial charge >= 0.3 is 0 Å². The molecule has 0 heterocycles. The van der Waals surface area contributed by atoms with Gasteiger partial charge in [0.1, 0.15) is 0 Å². The van der Waals surface area contributed by atoms with E-state index in [1.165, 1.54) is 32.8 Å². The fraction of sp³-hybridized carbons (Fsp3) is 0.611. The first-order valence-electron chi connectivity index (χ1n) is 8.27. The molecule has 1 amide bonds. The molecule has 0 aromatic heterocycles. The van der Waals surface area contributed by atoms with Crippen LogP contribution < -0.4 is 10.1 Å². The van der Waals surface area contributed by atoms with Gasteiger partial charge in [-0.3, -0.25) is 4.79 Å². The summed E-state index contributed by atoms with van der Waals surface area (Å²) in [6.45, 7) is 2.24. The zero-order valence-electron chi connectivity index (χ0n) is 13.6. The van der Waals surface area contributed by atoms with Crippen molar-refractivity contribution >= 4 is 5.91 Å². The molecule has 0 bridgehead atoms. The SMILES string of the molecule is CCC[C@H]1CC[C@H](NC(=O)Cc2ccc(O)c(OC)c2)CC1. The topological polar surface area (TPSA) is 58.6 Å². The van der Waals surface area contributed by atoms with Crippen molar-refractivity contribution in [2.24, 2.45) is 5.92 Å². The van der Waals surface area contributed by atoms with Crippen LogP contribution in [0.2, 0.25) is 0 Å². The Balaban J connectivity index is 1.81. The van der Waals surface area contributed by atoms with Crippen molar-refractivity contribution in [1.29, 1.82) is 0 Å². The van der Waals surface area contributed by atoms with Crippen LogP contribution in [0.5, 0.6) is 11.5 Å². The monoisotopic (exact) mass is 305 g/mol. The van der Waals surface area contributed by atoms with Crippen LogP contribution in [0.1, 0.15) is 51.0 Å². The molecule has 2 N–H and O–H groups in total. The standard InChI is InChI=1S/C18H27NO3/c1-3-4-13-5-8-15(9-6-13)19-18(21)12-14-7-10-16(20)17(11-14)22-2/h7,10-11,13,15,20H,3-6,8-9,12H2,1-2H3,(H,19,21)/t13-,15-. The second-order valence-electron chi connectivity index (χ2n) is 6.26. The summed E-state index contributed by atoms with van der Waals surface area (Å²) >= 11 is 0. The first-order chi connectivity index (χ1) is 10.6. The van der Waals surface area contributed by atoms with E-state index in [4.69, 9.17) is 4.74 Å². The van der Waals surface area contributed by atoms with Gasteiger partial charge in [0, 0.05) is 6.04 Å². The van der Waals surface area contributed by atoms with Gasteiger partial charge in [0.25, 0.3) is 0 Å². The second kappa shape index (κ2) is 8.06. The fourth-order valence-electron chi connectivity index (χ4n) is 3.30. The first-order valence-corrected chi connectivity index (χ1v) is 8.27. The zero-order chi connectivity index (χ0) is 15.9. The lowest BCUT2D eigenvalue weighted by Crippen LogP contribution is -2.38. The van der Waals surface area contributed by atoms with Gasteiger partial charge in [0.05, 0.1) is 13.5 Å². The molecule has 1 aliphatic carbocycles. The van der Waals surface area contributed by atoms with Gasteiger partial charge in [0.2, 0.25) is 5.91 Å². The number of methoxy groups -OCH3 is 1. The molecule has 122 valence electrons. The Morgan fingerprint density at radius 2 is 2.05 bits per heavy atom. The largest absolute Gasteiger partial charge is 0.504 e. The highest BCUT2D eigenvalue weighted by Gasteiger charge is 2.21. The molecule has 0 spiro atoms. The predicted molar refractivity (Wildman–Crippen MR) is 87.2 cm³/mol. The van der Waals surface area contributed by atoms with Crippen LogP contribution in [0.15, 0.2) is 18.2 Å². The number of phenolic OH excluding ortho intramolecular Hbond substituents is 1.